The third-order valence-electron chi connectivity index (χ3n) is 4.29. The van der Waals surface area contributed by atoms with Crippen molar-refractivity contribution in [1.29, 1.82) is 5.26 Å². The minimum Gasteiger partial charge on any atom is -0.328 e. The van der Waals surface area contributed by atoms with E-state index >= 15 is 0 Å². The van der Waals surface area contributed by atoms with Gasteiger partial charge in [0, 0.05) is 30.4 Å². The molecule has 122 valence electrons. The van der Waals surface area contributed by atoms with E-state index in [1.165, 1.54) is 38.0 Å². The molecule has 0 atom stereocenters. The van der Waals surface area contributed by atoms with Gasteiger partial charge < -0.3 is 4.57 Å². The molecule has 0 saturated carbocycles. The van der Waals surface area contributed by atoms with Gasteiger partial charge in [0.15, 0.2) is 0 Å². The van der Waals surface area contributed by atoms with Gasteiger partial charge in [0.2, 0.25) is 5.82 Å². The number of rotatable bonds is 3. The van der Waals surface area contributed by atoms with E-state index in [0.29, 0.717) is 0 Å². The number of nitriles is 1. The Morgan fingerprint density at radius 3 is 2.61 bits per heavy atom. The van der Waals surface area contributed by atoms with Crippen LogP contribution in [-0.2, 0) is 13.1 Å². The highest BCUT2D eigenvalue weighted by molar-refractivity contribution is 5.77. The molecule has 1 aliphatic rings. The van der Waals surface area contributed by atoms with Gasteiger partial charge in [-0.2, -0.15) is 5.26 Å². The third-order valence-corrected chi connectivity index (χ3v) is 4.29. The fourth-order valence-corrected chi connectivity index (χ4v) is 3.28. The first-order valence-corrected chi connectivity index (χ1v) is 8.44. The van der Waals surface area contributed by atoms with Crippen molar-refractivity contribution in [3.8, 4) is 6.07 Å². The van der Waals surface area contributed by atoms with Gasteiger partial charge in [0.1, 0.15) is 11.7 Å². The lowest BCUT2D eigenvalue weighted by atomic mass is 9.97. The molecule has 1 saturated heterocycles. The first-order chi connectivity index (χ1) is 11.0. The van der Waals surface area contributed by atoms with Crippen molar-refractivity contribution < 1.29 is 0 Å². The molecule has 3 heterocycles. The third kappa shape index (κ3) is 3.70. The van der Waals surface area contributed by atoms with E-state index in [0.717, 1.165) is 24.1 Å². The van der Waals surface area contributed by atoms with Crippen LogP contribution in [0.4, 0.5) is 0 Å². The molecule has 0 unspecified atom stereocenters. The maximum atomic E-state index is 9.10. The van der Waals surface area contributed by atoms with Crippen LogP contribution in [0.5, 0.6) is 0 Å². The summed E-state index contributed by atoms with van der Waals surface area (Å²) in [5.74, 6) is 0.246. The number of nitrogens with zero attached hydrogens (tertiary/aromatic N) is 5. The van der Waals surface area contributed by atoms with Crippen LogP contribution in [0.2, 0.25) is 0 Å². The molecule has 0 bridgehead atoms. The molecule has 5 heteroatoms. The zero-order valence-electron chi connectivity index (χ0n) is 14.3. The molecule has 0 amide bonds. The molecule has 2 aromatic rings. The normalized spacial score (nSPS) is 16.6. The van der Waals surface area contributed by atoms with Crippen LogP contribution in [-0.4, -0.2) is 32.5 Å². The van der Waals surface area contributed by atoms with Crippen LogP contribution in [0.25, 0.3) is 11.0 Å². The Morgan fingerprint density at radius 2 is 1.96 bits per heavy atom. The summed E-state index contributed by atoms with van der Waals surface area (Å²) in [7, 11) is 0. The van der Waals surface area contributed by atoms with Crippen LogP contribution < -0.4 is 0 Å². The lowest BCUT2D eigenvalue weighted by Gasteiger charge is -2.28. The number of aromatic nitrogens is 3. The van der Waals surface area contributed by atoms with Gasteiger partial charge in [-0.05, 0) is 37.4 Å². The SMILES string of the molecule is CC(C)(C)Cn1c(CN2CCCCC2)cc2cnc(C#N)nc21. The van der Waals surface area contributed by atoms with Crippen molar-refractivity contribution in [2.75, 3.05) is 13.1 Å². The van der Waals surface area contributed by atoms with Gasteiger partial charge in [-0.3, -0.25) is 4.90 Å². The Bertz CT molecular complexity index is 726. The zero-order valence-corrected chi connectivity index (χ0v) is 14.3. The highest BCUT2D eigenvalue weighted by atomic mass is 15.2. The van der Waals surface area contributed by atoms with E-state index in [1.807, 2.05) is 0 Å². The molecular weight excluding hydrogens is 286 g/mol. The van der Waals surface area contributed by atoms with Gasteiger partial charge in [-0.1, -0.05) is 27.2 Å². The molecule has 2 aromatic heterocycles. The number of hydrogen-bond donors (Lipinski definition) is 0. The van der Waals surface area contributed by atoms with Gasteiger partial charge in [-0.15, -0.1) is 0 Å². The van der Waals surface area contributed by atoms with E-state index < -0.39 is 0 Å². The van der Waals surface area contributed by atoms with Crippen LogP contribution in [0.3, 0.4) is 0 Å². The number of hydrogen-bond acceptors (Lipinski definition) is 4. The molecule has 1 aliphatic heterocycles. The Kier molecular flexibility index (Phi) is 4.36. The summed E-state index contributed by atoms with van der Waals surface area (Å²) in [5.41, 5.74) is 2.32. The van der Waals surface area contributed by atoms with E-state index in [1.54, 1.807) is 6.20 Å². The summed E-state index contributed by atoms with van der Waals surface area (Å²) >= 11 is 0. The van der Waals surface area contributed by atoms with Crippen LogP contribution >= 0.6 is 0 Å². The molecule has 3 rings (SSSR count). The maximum absolute atomic E-state index is 9.10. The Balaban J connectivity index is 2.00. The summed E-state index contributed by atoms with van der Waals surface area (Å²) in [6.45, 7) is 10.9. The van der Waals surface area contributed by atoms with Crippen molar-refractivity contribution >= 4 is 11.0 Å². The number of likely N-dealkylation sites (tertiary alicyclic amines) is 1. The molecule has 1 fully saturated rings. The largest absolute Gasteiger partial charge is 0.328 e. The first kappa shape index (κ1) is 15.9. The van der Waals surface area contributed by atoms with E-state index in [4.69, 9.17) is 5.26 Å². The van der Waals surface area contributed by atoms with Gasteiger partial charge >= 0.3 is 0 Å². The molecule has 23 heavy (non-hydrogen) atoms. The predicted molar refractivity (Wildman–Crippen MR) is 90.8 cm³/mol. The second-order valence-electron chi connectivity index (χ2n) is 7.70. The fourth-order valence-electron chi connectivity index (χ4n) is 3.28. The summed E-state index contributed by atoms with van der Waals surface area (Å²) in [6.07, 6.45) is 5.70. The quantitative estimate of drug-likeness (QED) is 0.872. The topological polar surface area (TPSA) is 57.7 Å². The van der Waals surface area contributed by atoms with Crippen LogP contribution in [0, 0.1) is 16.7 Å². The van der Waals surface area contributed by atoms with E-state index in [2.05, 4.69) is 52.3 Å². The monoisotopic (exact) mass is 311 g/mol. The number of fused-ring (bicyclic) bond motifs is 1. The van der Waals surface area contributed by atoms with Crippen molar-refractivity contribution in [1.82, 2.24) is 19.4 Å². The first-order valence-electron chi connectivity index (χ1n) is 8.44. The Labute approximate surface area is 137 Å². The number of piperidine rings is 1. The molecule has 0 aromatic carbocycles. The van der Waals surface area contributed by atoms with Gasteiger partial charge in [-0.25, -0.2) is 9.97 Å². The Hall–Kier alpha value is -1.93. The average molecular weight is 311 g/mol. The molecular formula is C18H25N5. The van der Waals surface area contributed by atoms with Crippen LogP contribution in [0.15, 0.2) is 12.3 Å². The average Bonchev–Trinajstić information content (AvgIpc) is 2.83. The summed E-state index contributed by atoms with van der Waals surface area (Å²) in [4.78, 5) is 11.1. The second-order valence-corrected chi connectivity index (χ2v) is 7.70. The van der Waals surface area contributed by atoms with Crippen molar-refractivity contribution in [2.45, 2.75) is 53.1 Å². The van der Waals surface area contributed by atoms with E-state index in [-0.39, 0.29) is 11.2 Å². The van der Waals surface area contributed by atoms with Crippen molar-refractivity contribution in [3.63, 3.8) is 0 Å². The minimum atomic E-state index is 0.153. The van der Waals surface area contributed by atoms with Crippen LogP contribution in [0.1, 0.15) is 51.6 Å². The summed E-state index contributed by atoms with van der Waals surface area (Å²) in [5, 5.41) is 10.1. The molecule has 0 spiro atoms. The smallest absolute Gasteiger partial charge is 0.234 e. The highest BCUT2D eigenvalue weighted by Gasteiger charge is 2.20. The summed E-state index contributed by atoms with van der Waals surface area (Å²) < 4.78 is 2.28. The molecule has 0 N–H and O–H groups in total. The fraction of sp³-hybridized carbons (Fsp3) is 0.611. The standard InChI is InChI=1S/C18H25N5/c1-18(2,3)13-23-15(12-22-7-5-4-6-8-22)9-14-11-20-16(10-19)21-17(14)23/h9,11H,4-8,12-13H2,1-3H3. The molecule has 5 nitrogen and oxygen atoms in total. The van der Waals surface area contributed by atoms with E-state index in [9.17, 15) is 0 Å². The zero-order chi connectivity index (χ0) is 16.4. The van der Waals surface area contributed by atoms with Gasteiger partial charge in [0.05, 0.1) is 0 Å². The van der Waals surface area contributed by atoms with Crippen molar-refractivity contribution in [2.24, 2.45) is 5.41 Å². The minimum absolute atomic E-state index is 0.153. The maximum Gasteiger partial charge on any atom is 0.234 e. The molecule has 0 radical (unpaired) electrons. The lowest BCUT2D eigenvalue weighted by molar-refractivity contribution is 0.213. The summed E-state index contributed by atoms with van der Waals surface area (Å²) in [6, 6.07) is 4.25. The lowest BCUT2D eigenvalue weighted by Crippen LogP contribution is -2.30. The van der Waals surface area contributed by atoms with Gasteiger partial charge in [0.25, 0.3) is 0 Å². The highest BCUT2D eigenvalue weighted by Crippen LogP contribution is 2.25. The Morgan fingerprint density at radius 1 is 1.22 bits per heavy atom. The predicted octanol–water partition coefficient (Wildman–Crippen LogP) is 3.33. The van der Waals surface area contributed by atoms with Crippen molar-refractivity contribution in [3.05, 3.63) is 23.8 Å². The molecule has 0 aliphatic carbocycles. The second kappa shape index (κ2) is 6.29.